The van der Waals surface area contributed by atoms with Crippen LogP contribution in [0.25, 0.3) is 0 Å². The van der Waals surface area contributed by atoms with Crippen LogP contribution >= 0.6 is 0 Å². The lowest BCUT2D eigenvalue weighted by atomic mass is 9.99. The van der Waals surface area contributed by atoms with Gasteiger partial charge in [-0.15, -0.1) is 0 Å². The van der Waals surface area contributed by atoms with Gasteiger partial charge in [-0.3, -0.25) is 0 Å². The molecular weight excluding hydrogens is 283 g/mol. The van der Waals surface area contributed by atoms with Crippen LogP contribution in [0.3, 0.4) is 0 Å². The van der Waals surface area contributed by atoms with Crippen LogP contribution in [0.1, 0.15) is 19.8 Å². The van der Waals surface area contributed by atoms with Crippen LogP contribution in [0.2, 0.25) is 0 Å². The quantitative estimate of drug-likeness (QED) is 0.943. The summed E-state index contributed by atoms with van der Waals surface area (Å²) in [7, 11) is 0. The molecule has 2 heterocycles. The third-order valence-corrected chi connectivity index (χ3v) is 3.95. The number of hydrogen-bond donors (Lipinski definition) is 1. The Morgan fingerprint density at radius 1 is 1.23 bits per heavy atom. The van der Waals surface area contributed by atoms with E-state index in [2.05, 4.69) is 21.8 Å². The van der Waals surface area contributed by atoms with Crippen LogP contribution < -0.4 is 15.4 Å². The average molecular weight is 302 g/mol. The summed E-state index contributed by atoms with van der Waals surface area (Å²) in [4.78, 5) is 10.4. The highest BCUT2D eigenvalue weighted by molar-refractivity contribution is 5.68. The molecule has 0 atom stereocenters. The number of nitrogens with zero attached hydrogens (tertiary/aromatic N) is 3. The second-order valence-corrected chi connectivity index (χ2v) is 5.62. The normalized spacial score (nSPS) is 15.8. The molecule has 0 saturated carbocycles. The van der Waals surface area contributed by atoms with E-state index in [1.807, 2.05) is 0 Å². The molecule has 1 saturated heterocycles. The number of rotatable bonds is 3. The number of anilines is 2. The zero-order valence-corrected chi connectivity index (χ0v) is 12.5. The summed E-state index contributed by atoms with van der Waals surface area (Å²) < 4.78 is 19.2. The first-order valence-corrected chi connectivity index (χ1v) is 7.43. The minimum absolute atomic E-state index is 0.103. The maximum atomic E-state index is 13.7. The van der Waals surface area contributed by atoms with Gasteiger partial charge in [0.2, 0.25) is 5.88 Å². The van der Waals surface area contributed by atoms with Crippen molar-refractivity contribution in [3.05, 3.63) is 36.4 Å². The van der Waals surface area contributed by atoms with E-state index in [1.54, 1.807) is 18.2 Å². The van der Waals surface area contributed by atoms with Crippen LogP contribution in [0.4, 0.5) is 15.9 Å². The molecular formula is C16H19FN4O. The Labute approximate surface area is 128 Å². The molecule has 1 aliphatic heterocycles. The van der Waals surface area contributed by atoms with Gasteiger partial charge < -0.3 is 15.4 Å². The molecule has 1 aromatic carbocycles. The van der Waals surface area contributed by atoms with Gasteiger partial charge in [0.1, 0.15) is 12.0 Å². The number of hydrogen-bond acceptors (Lipinski definition) is 5. The number of halogens is 1. The first kappa shape index (κ1) is 14.6. The lowest BCUT2D eigenvalue weighted by Gasteiger charge is -2.31. The standard InChI is InChI=1S/C16H19FN4O/c1-11-6-8-21(9-7-11)15-14(18)16(20-10-19-15)22-13-5-3-2-4-12(13)17/h2-5,10-11H,6-9,18H2,1H3. The zero-order valence-electron chi connectivity index (χ0n) is 12.5. The number of benzene rings is 1. The Kier molecular flexibility index (Phi) is 4.09. The zero-order chi connectivity index (χ0) is 15.5. The van der Waals surface area contributed by atoms with Crippen LogP contribution in [0.15, 0.2) is 30.6 Å². The molecule has 1 aromatic heterocycles. The second kappa shape index (κ2) is 6.17. The number of ether oxygens (including phenoxy) is 1. The predicted octanol–water partition coefficient (Wildman–Crippen LogP) is 3.23. The molecule has 0 amide bonds. The van der Waals surface area contributed by atoms with Gasteiger partial charge >= 0.3 is 0 Å². The average Bonchev–Trinajstić information content (AvgIpc) is 2.52. The topological polar surface area (TPSA) is 64.3 Å². The van der Waals surface area contributed by atoms with Crippen LogP contribution in [-0.2, 0) is 0 Å². The highest BCUT2D eigenvalue weighted by Gasteiger charge is 2.21. The number of nitrogen functional groups attached to an aromatic ring is 1. The summed E-state index contributed by atoms with van der Waals surface area (Å²) in [6.07, 6.45) is 3.61. The summed E-state index contributed by atoms with van der Waals surface area (Å²) in [5, 5.41) is 0. The third-order valence-electron chi connectivity index (χ3n) is 3.95. The van der Waals surface area contributed by atoms with Crippen molar-refractivity contribution >= 4 is 11.5 Å². The molecule has 0 unspecified atom stereocenters. The first-order valence-electron chi connectivity index (χ1n) is 7.43. The van der Waals surface area contributed by atoms with Crippen molar-refractivity contribution in [2.24, 2.45) is 5.92 Å². The van der Waals surface area contributed by atoms with E-state index >= 15 is 0 Å². The summed E-state index contributed by atoms with van der Waals surface area (Å²) in [5.74, 6) is 1.22. The number of nitrogens with two attached hydrogens (primary N) is 1. The predicted molar refractivity (Wildman–Crippen MR) is 83.5 cm³/mol. The molecule has 0 spiro atoms. The Balaban J connectivity index is 1.84. The number of piperidine rings is 1. The van der Waals surface area contributed by atoms with Gasteiger partial charge in [0.25, 0.3) is 0 Å². The summed E-state index contributed by atoms with van der Waals surface area (Å²) in [6.45, 7) is 4.05. The minimum Gasteiger partial charge on any atom is -0.434 e. The van der Waals surface area contributed by atoms with Gasteiger partial charge in [-0.1, -0.05) is 19.1 Å². The van der Waals surface area contributed by atoms with Crippen molar-refractivity contribution in [2.45, 2.75) is 19.8 Å². The van der Waals surface area contributed by atoms with Gasteiger partial charge in [-0.2, -0.15) is 4.98 Å². The number of aromatic nitrogens is 2. The van der Waals surface area contributed by atoms with E-state index in [-0.39, 0.29) is 11.6 Å². The molecule has 3 rings (SSSR count). The molecule has 1 fully saturated rings. The smallest absolute Gasteiger partial charge is 0.248 e. The Morgan fingerprint density at radius 3 is 2.68 bits per heavy atom. The summed E-state index contributed by atoms with van der Waals surface area (Å²) >= 11 is 0. The van der Waals surface area contributed by atoms with Gasteiger partial charge in [0.15, 0.2) is 17.4 Å². The van der Waals surface area contributed by atoms with Crippen molar-refractivity contribution in [3.8, 4) is 11.6 Å². The van der Waals surface area contributed by atoms with E-state index in [9.17, 15) is 4.39 Å². The maximum absolute atomic E-state index is 13.7. The fourth-order valence-corrected chi connectivity index (χ4v) is 2.56. The van der Waals surface area contributed by atoms with Gasteiger partial charge in [0.05, 0.1) is 0 Å². The van der Waals surface area contributed by atoms with Crippen molar-refractivity contribution in [1.82, 2.24) is 9.97 Å². The van der Waals surface area contributed by atoms with Crippen LogP contribution in [-0.4, -0.2) is 23.1 Å². The Hall–Kier alpha value is -2.37. The van der Waals surface area contributed by atoms with Crippen molar-refractivity contribution in [3.63, 3.8) is 0 Å². The van der Waals surface area contributed by atoms with E-state index in [0.717, 1.165) is 25.9 Å². The highest BCUT2D eigenvalue weighted by atomic mass is 19.1. The van der Waals surface area contributed by atoms with Crippen LogP contribution in [0.5, 0.6) is 11.6 Å². The molecule has 22 heavy (non-hydrogen) atoms. The van der Waals surface area contributed by atoms with Gasteiger partial charge in [-0.05, 0) is 30.9 Å². The van der Waals surface area contributed by atoms with E-state index in [1.165, 1.54) is 12.4 Å². The molecule has 5 nitrogen and oxygen atoms in total. The monoisotopic (exact) mass is 302 g/mol. The lowest BCUT2D eigenvalue weighted by Crippen LogP contribution is -2.34. The summed E-state index contributed by atoms with van der Waals surface area (Å²) in [5.41, 5.74) is 6.48. The fourth-order valence-electron chi connectivity index (χ4n) is 2.56. The van der Waals surface area contributed by atoms with Crippen molar-refractivity contribution < 1.29 is 9.13 Å². The highest BCUT2D eigenvalue weighted by Crippen LogP contribution is 2.33. The molecule has 0 bridgehead atoms. The van der Waals surface area contributed by atoms with Gasteiger partial charge in [-0.25, -0.2) is 9.37 Å². The lowest BCUT2D eigenvalue weighted by molar-refractivity contribution is 0.424. The summed E-state index contributed by atoms with van der Waals surface area (Å²) in [6, 6.07) is 6.17. The molecule has 0 radical (unpaired) electrons. The van der Waals surface area contributed by atoms with E-state index in [4.69, 9.17) is 10.5 Å². The second-order valence-electron chi connectivity index (χ2n) is 5.62. The molecule has 1 aliphatic rings. The molecule has 0 aliphatic carbocycles. The fraction of sp³-hybridized carbons (Fsp3) is 0.375. The van der Waals surface area contributed by atoms with Gasteiger partial charge in [0, 0.05) is 13.1 Å². The van der Waals surface area contributed by atoms with Crippen LogP contribution in [0, 0.1) is 11.7 Å². The molecule has 6 heteroatoms. The minimum atomic E-state index is -0.450. The largest absolute Gasteiger partial charge is 0.434 e. The first-order chi connectivity index (χ1) is 10.6. The maximum Gasteiger partial charge on any atom is 0.248 e. The number of para-hydroxylation sites is 1. The molecule has 116 valence electrons. The molecule has 2 N–H and O–H groups in total. The van der Waals surface area contributed by atoms with E-state index < -0.39 is 5.82 Å². The van der Waals surface area contributed by atoms with E-state index in [0.29, 0.717) is 17.4 Å². The Bertz CT molecular complexity index is 656. The van der Waals surface area contributed by atoms with Crippen molar-refractivity contribution in [2.75, 3.05) is 23.7 Å². The Morgan fingerprint density at radius 2 is 1.95 bits per heavy atom. The SMILES string of the molecule is CC1CCN(c2ncnc(Oc3ccccc3F)c2N)CC1. The van der Waals surface area contributed by atoms with Crippen molar-refractivity contribution in [1.29, 1.82) is 0 Å². The molecule has 2 aromatic rings. The third kappa shape index (κ3) is 2.95.